The molecule has 3 aromatic rings. The first-order valence-corrected chi connectivity index (χ1v) is 10.4. The van der Waals surface area contributed by atoms with Gasteiger partial charge in [-0.05, 0) is 49.4 Å². The van der Waals surface area contributed by atoms with Gasteiger partial charge in [-0.2, -0.15) is 0 Å². The van der Waals surface area contributed by atoms with Crippen molar-refractivity contribution >= 4 is 28.4 Å². The van der Waals surface area contributed by atoms with Crippen molar-refractivity contribution in [3.05, 3.63) is 64.7 Å². The molecule has 144 valence electrons. The van der Waals surface area contributed by atoms with E-state index in [4.69, 9.17) is 16.6 Å². The normalized spacial score (nSPS) is 19.5. The van der Waals surface area contributed by atoms with Crippen molar-refractivity contribution in [2.45, 2.75) is 45.6 Å². The van der Waals surface area contributed by atoms with Crippen molar-refractivity contribution in [2.75, 3.05) is 0 Å². The summed E-state index contributed by atoms with van der Waals surface area (Å²) in [5.74, 6) is 0.511. The van der Waals surface area contributed by atoms with E-state index in [9.17, 15) is 4.79 Å². The van der Waals surface area contributed by atoms with Crippen molar-refractivity contribution in [1.82, 2.24) is 10.3 Å². The number of nitrogens with zero attached hydrogens (tertiary/aromatic N) is 1. The van der Waals surface area contributed by atoms with Gasteiger partial charge in [0, 0.05) is 22.0 Å². The van der Waals surface area contributed by atoms with Crippen molar-refractivity contribution in [1.29, 1.82) is 0 Å². The molecule has 1 N–H and O–H groups in total. The Labute approximate surface area is 171 Å². The maximum Gasteiger partial charge on any atom is 0.252 e. The Kier molecular flexibility index (Phi) is 5.36. The number of carbonyl (C=O) groups excluding carboxylic acids is 1. The molecule has 1 saturated carbocycles. The summed E-state index contributed by atoms with van der Waals surface area (Å²) in [5, 5.41) is 4.87. The van der Waals surface area contributed by atoms with Gasteiger partial charge in [0.2, 0.25) is 0 Å². The Morgan fingerprint density at radius 1 is 1.11 bits per heavy atom. The summed E-state index contributed by atoms with van der Waals surface area (Å²) in [6, 6.07) is 15.7. The van der Waals surface area contributed by atoms with Gasteiger partial charge in [-0.25, -0.2) is 4.98 Å². The van der Waals surface area contributed by atoms with Crippen molar-refractivity contribution in [3.8, 4) is 11.3 Å². The predicted molar refractivity (Wildman–Crippen MR) is 116 cm³/mol. The van der Waals surface area contributed by atoms with E-state index in [-0.39, 0.29) is 11.9 Å². The van der Waals surface area contributed by atoms with E-state index in [1.165, 1.54) is 19.3 Å². The van der Waals surface area contributed by atoms with Gasteiger partial charge in [-0.1, -0.05) is 61.7 Å². The minimum atomic E-state index is -0.00173. The molecule has 2 aromatic carbocycles. The van der Waals surface area contributed by atoms with Crippen LogP contribution in [0.2, 0.25) is 5.02 Å². The first kappa shape index (κ1) is 18.9. The van der Waals surface area contributed by atoms with E-state index >= 15 is 0 Å². The lowest BCUT2D eigenvalue weighted by atomic mass is 9.85. The summed E-state index contributed by atoms with van der Waals surface area (Å²) >= 11 is 6.21. The molecule has 0 saturated heterocycles. The summed E-state index contributed by atoms with van der Waals surface area (Å²) in [6.45, 7) is 4.22. The second-order valence-electron chi connectivity index (χ2n) is 7.83. The van der Waals surface area contributed by atoms with Crippen LogP contribution in [0.15, 0.2) is 48.5 Å². The molecule has 0 radical (unpaired) electrons. The number of nitrogens with one attached hydrogen (secondary N) is 1. The zero-order valence-corrected chi connectivity index (χ0v) is 17.1. The first-order valence-electron chi connectivity index (χ1n) is 10.0. The van der Waals surface area contributed by atoms with Gasteiger partial charge in [0.05, 0.1) is 16.8 Å². The maximum atomic E-state index is 13.4. The van der Waals surface area contributed by atoms with Gasteiger partial charge < -0.3 is 5.32 Å². The maximum absolute atomic E-state index is 13.4. The highest BCUT2D eigenvalue weighted by atomic mass is 35.5. The minimum absolute atomic E-state index is 0.00173. The zero-order chi connectivity index (χ0) is 19.7. The van der Waals surface area contributed by atoms with Crippen LogP contribution in [-0.4, -0.2) is 16.9 Å². The van der Waals surface area contributed by atoms with Gasteiger partial charge in [0.15, 0.2) is 0 Å². The highest BCUT2D eigenvalue weighted by molar-refractivity contribution is 6.30. The summed E-state index contributed by atoms with van der Waals surface area (Å²) in [6.07, 6.45) is 4.66. The van der Waals surface area contributed by atoms with Crippen molar-refractivity contribution in [3.63, 3.8) is 0 Å². The lowest BCUT2D eigenvalue weighted by Gasteiger charge is -2.30. The number of hydrogen-bond acceptors (Lipinski definition) is 2. The predicted octanol–water partition coefficient (Wildman–Crippen LogP) is 6.17. The highest BCUT2D eigenvalue weighted by Crippen LogP contribution is 2.31. The molecule has 1 aliphatic rings. The number of carbonyl (C=O) groups is 1. The number of hydrogen-bond donors (Lipinski definition) is 1. The van der Waals surface area contributed by atoms with Gasteiger partial charge in [0.25, 0.3) is 5.91 Å². The molecule has 0 spiro atoms. The van der Waals surface area contributed by atoms with Crippen LogP contribution in [-0.2, 0) is 0 Å². The molecular formula is C24H25ClN2O. The smallest absolute Gasteiger partial charge is 0.252 e. The topological polar surface area (TPSA) is 42.0 Å². The van der Waals surface area contributed by atoms with Crippen LogP contribution in [0.3, 0.4) is 0 Å². The average molecular weight is 393 g/mol. The number of rotatable bonds is 3. The molecule has 28 heavy (non-hydrogen) atoms. The van der Waals surface area contributed by atoms with Crippen molar-refractivity contribution < 1.29 is 4.79 Å². The molecule has 2 unspecified atom stereocenters. The van der Waals surface area contributed by atoms with E-state index < -0.39 is 0 Å². The Morgan fingerprint density at radius 2 is 1.89 bits per heavy atom. The second-order valence-corrected chi connectivity index (χ2v) is 8.27. The molecule has 2 atom stereocenters. The molecule has 1 amide bonds. The lowest BCUT2D eigenvalue weighted by molar-refractivity contribution is 0.0911. The number of pyridine rings is 1. The fraction of sp³-hybridized carbons (Fsp3) is 0.333. The van der Waals surface area contributed by atoms with E-state index in [0.29, 0.717) is 10.9 Å². The molecule has 4 heteroatoms. The van der Waals surface area contributed by atoms with Crippen LogP contribution in [0, 0.1) is 12.8 Å². The monoisotopic (exact) mass is 392 g/mol. The fourth-order valence-electron chi connectivity index (χ4n) is 4.29. The summed E-state index contributed by atoms with van der Waals surface area (Å²) in [4.78, 5) is 18.2. The third-order valence-corrected chi connectivity index (χ3v) is 6.12. The summed E-state index contributed by atoms with van der Waals surface area (Å²) < 4.78 is 0. The van der Waals surface area contributed by atoms with Crippen molar-refractivity contribution in [2.24, 2.45) is 5.92 Å². The van der Waals surface area contributed by atoms with E-state index in [2.05, 4.69) is 12.2 Å². The second kappa shape index (κ2) is 7.92. The molecular weight excluding hydrogens is 368 g/mol. The average Bonchev–Trinajstić information content (AvgIpc) is 2.69. The molecule has 1 heterocycles. The van der Waals surface area contributed by atoms with Crippen LogP contribution in [0.25, 0.3) is 22.2 Å². The van der Waals surface area contributed by atoms with Gasteiger partial charge in [-0.3, -0.25) is 4.79 Å². The van der Waals surface area contributed by atoms with Crippen LogP contribution in [0.5, 0.6) is 0 Å². The Balaban J connectivity index is 1.82. The third kappa shape index (κ3) is 3.64. The van der Waals surface area contributed by atoms with Crippen LogP contribution in [0.4, 0.5) is 0 Å². The molecule has 1 aromatic heterocycles. The van der Waals surface area contributed by atoms with Gasteiger partial charge in [0.1, 0.15) is 0 Å². The minimum Gasteiger partial charge on any atom is -0.349 e. The quantitative estimate of drug-likeness (QED) is 0.578. The van der Waals surface area contributed by atoms with Gasteiger partial charge in [-0.15, -0.1) is 0 Å². The molecule has 0 bridgehead atoms. The van der Waals surface area contributed by atoms with Crippen LogP contribution in [0.1, 0.15) is 48.5 Å². The van der Waals surface area contributed by atoms with E-state index in [0.717, 1.165) is 39.7 Å². The molecule has 1 fully saturated rings. The summed E-state index contributed by atoms with van der Waals surface area (Å²) in [7, 11) is 0. The molecule has 0 aliphatic heterocycles. The first-order chi connectivity index (χ1) is 13.5. The number of halogens is 1. The summed E-state index contributed by atoms with van der Waals surface area (Å²) in [5.41, 5.74) is 4.17. The van der Waals surface area contributed by atoms with Crippen LogP contribution < -0.4 is 5.32 Å². The number of aromatic nitrogens is 1. The SMILES string of the molecule is Cc1c(-c2cccc(Cl)c2)nc2ccccc2c1C(=O)NC1CCCCC1C. The van der Waals surface area contributed by atoms with E-state index in [1.54, 1.807) is 0 Å². The number of para-hydroxylation sites is 1. The Morgan fingerprint density at radius 3 is 2.68 bits per heavy atom. The van der Waals surface area contributed by atoms with E-state index in [1.807, 2.05) is 55.5 Å². The molecule has 1 aliphatic carbocycles. The highest BCUT2D eigenvalue weighted by Gasteiger charge is 2.26. The largest absolute Gasteiger partial charge is 0.349 e. The Bertz CT molecular complexity index is 1030. The molecule has 3 nitrogen and oxygen atoms in total. The van der Waals surface area contributed by atoms with Crippen LogP contribution >= 0.6 is 11.6 Å². The lowest BCUT2D eigenvalue weighted by Crippen LogP contribution is -2.41. The number of amides is 1. The standard InChI is InChI=1S/C24H25ClN2O/c1-15-8-3-5-12-20(15)27-24(28)22-16(2)23(17-9-7-10-18(25)14-17)26-21-13-6-4-11-19(21)22/h4,6-7,9-11,13-15,20H,3,5,8,12H2,1-2H3,(H,27,28). The Hall–Kier alpha value is -2.39. The number of fused-ring (bicyclic) bond motifs is 1. The number of benzene rings is 2. The molecule has 4 rings (SSSR count). The zero-order valence-electron chi connectivity index (χ0n) is 16.3. The van der Waals surface area contributed by atoms with Gasteiger partial charge >= 0.3 is 0 Å². The fourth-order valence-corrected chi connectivity index (χ4v) is 4.48. The third-order valence-electron chi connectivity index (χ3n) is 5.89.